The van der Waals surface area contributed by atoms with Crippen LogP contribution in [-0.4, -0.2) is 39.5 Å². The van der Waals surface area contributed by atoms with Crippen LogP contribution in [0, 0.1) is 0 Å². The van der Waals surface area contributed by atoms with Crippen molar-refractivity contribution >= 4 is 5.97 Å². The fourth-order valence-corrected chi connectivity index (χ4v) is 0.780. The molecule has 0 radical (unpaired) electrons. The highest BCUT2D eigenvalue weighted by molar-refractivity contribution is 5.85. The minimum absolute atomic E-state index is 0.141. The summed E-state index contributed by atoms with van der Waals surface area (Å²) in [6.07, 6.45) is 0.450. The van der Waals surface area contributed by atoms with Gasteiger partial charge in [0.2, 0.25) is 5.83 Å². The van der Waals surface area contributed by atoms with Crippen LogP contribution in [0.3, 0.4) is 0 Å². The molecule has 0 aromatic rings. The summed E-state index contributed by atoms with van der Waals surface area (Å²) in [6.45, 7) is 1.93. The minimum atomic E-state index is -0.981. The zero-order chi connectivity index (χ0) is 11.0. The fraction of sp³-hybridized carbons (Fsp3) is 0.667. The van der Waals surface area contributed by atoms with Crippen molar-refractivity contribution in [2.75, 3.05) is 27.4 Å². The minimum Gasteiger partial charge on any atom is -0.461 e. The van der Waals surface area contributed by atoms with Gasteiger partial charge < -0.3 is 14.2 Å². The predicted octanol–water partition coefficient (Wildman–Crippen LogP) is 1.06. The molecule has 0 spiro atoms. The van der Waals surface area contributed by atoms with E-state index in [2.05, 4.69) is 4.74 Å². The molecule has 82 valence electrons. The topological polar surface area (TPSA) is 44.8 Å². The van der Waals surface area contributed by atoms with E-state index in [-0.39, 0.29) is 13.2 Å². The number of carbonyl (C=O) groups excluding carboxylic acids is 1. The van der Waals surface area contributed by atoms with Crippen LogP contribution in [-0.2, 0) is 19.0 Å². The average Bonchev–Trinajstić information content (AvgIpc) is 2.17. The van der Waals surface area contributed by atoms with Crippen LogP contribution >= 0.6 is 0 Å². The van der Waals surface area contributed by atoms with Gasteiger partial charge in [-0.05, 0) is 13.0 Å². The summed E-state index contributed by atoms with van der Waals surface area (Å²) < 4.78 is 27.0. The lowest BCUT2D eigenvalue weighted by molar-refractivity contribution is -0.140. The van der Waals surface area contributed by atoms with Crippen molar-refractivity contribution in [3.63, 3.8) is 0 Å². The Morgan fingerprint density at radius 2 is 2.14 bits per heavy atom. The Morgan fingerprint density at radius 1 is 1.50 bits per heavy atom. The summed E-state index contributed by atoms with van der Waals surface area (Å²) in [5.74, 6) is -1.94. The number of esters is 1. The van der Waals surface area contributed by atoms with E-state index in [4.69, 9.17) is 9.47 Å². The van der Waals surface area contributed by atoms with E-state index in [1.54, 1.807) is 6.92 Å². The molecule has 1 atom stereocenters. The average molecular weight is 206 g/mol. The fourth-order valence-electron chi connectivity index (χ4n) is 0.780. The predicted molar refractivity (Wildman–Crippen MR) is 48.5 cm³/mol. The van der Waals surface area contributed by atoms with Crippen LogP contribution in [0.15, 0.2) is 11.9 Å². The Morgan fingerprint density at radius 3 is 2.57 bits per heavy atom. The quantitative estimate of drug-likeness (QED) is 0.481. The molecule has 0 aromatic carbocycles. The van der Waals surface area contributed by atoms with Crippen molar-refractivity contribution < 1.29 is 23.4 Å². The normalized spacial score (nSPS) is 13.9. The summed E-state index contributed by atoms with van der Waals surface area (Å²) in [4.78, 5) is 10.8. The Labute approximate surface area is 82.6 Å². The molecule has 4 nitrogen and oxygen atoms in total. The molecule has 0 aliphatic rings. The van der Waals surface area contributed by atoms with Gasteiger partial charge in [0.05, 0.1) is 13.2 Å². The SMILES string of the molecule is CCOC(=O)/C(F)=C\[C@H](COC)OC. The Hall–Kier alpha value is -0.940. The van der Waals surface area contributed by atoms with Crippen molar-refractivity contribution in [1.82, 2.24) is 0 Å². The molecule has 0 unspecified atom stereocenters. The summed E-state index contributed by atoms with van der Waals surface area (Å²) >= 11 is 0. The summed E-state index contributed by atoms with van der Waals surface area (Å²) in [7, 11) is 2.86. The lowest BCUT2D eigenvalue weighted by Crippen LogP contribution is -2.16. The van der Waals surface area contributed by atoms with E-state index in [1.807, 2.05) is 0 Å². The molecule has 0 bridgehead atoms. The van der Waals surface area contributed by atoms with Gasteiger partial charge in [-0.25, -0.2) is 4.79 Å². The molecule has 0 rings (SSSR count). The van der Waals surface area contributed by atoms with E-state index in [1.165, 1.54) is 14.2 Å². The highest BCUT2D eigenvalue weighted by Crippen LogP contribution is 2.04. The van der Waals surface area contributed by atoms with Crippen LogP contribution in [0.1, 0.15) is 6.92 Å². The highest BCUT2D eigenvalue weighted by Gasteiger charge is 2.13. The first-order valence-corrected chi connectivity index (χ1v) is 4.21. The molecular weight excluding hydrogens is 191 g/mol. The van der Waals surface area contributed by atoms with Crippen molar-refractivity contribution in [3.05, 3.63) is 11.9 Å². The number of ether oxygens (including phenoxy) is 3. The van der Waals surface area contributed by atoms with E-state index in [9.17, 15) is 9.18 Å². The molecule has 0 N–H and O–H groups in total. The second-order valence-corrected chi connectivity index (χ2v) is 2.46. The number of hydrogen-bond donors (Lipinski definition) is 0. The third-order valence-electron chi connectivity index (χ3n) is 1.44. The van der Waals surface area contributed by atoms with Gasteiger partial charge in [0, 0.05) is 14.2 Å². The smallest absolute Gasteiger partial charge is 0.366 e. The monoisotopic (exact) mass is 206 g/mol. The molecule has 0 aliphatic heterocycles. The maximum absolute atomic E-state index is 13.0. The molecule has 14 heavy (non-hydrogen) atoms. The number of halogens is 1. The highest BCUT2D eigenvalue weighted by atomic mass is 19.1. The van der Waals surface area contributed by atoms with Gasteiger partial charge in [0.15, 0.2) is 0 Å². The third kappa shape index (κ3) is 4.94. The molecule has 0 amide bonds. The van der Waals surface area contributed by atoms with Crippen LogP contribution in [0.5, 0.6) is 0 Å². The molecule has 0 fully saturated rings. The van der Waals surface area contributed by atoms with Crippen LogP contribution in [0.4, 0.5) is 4.39 Å². The van der Waals surface area contributed by atoms with Gasteiger partial charge in [0.1, 0.15) is 6.10 Å². The molecular formula is C9H15FO4. The summed E-state index contributed by atoms with van der Waals surface area (Å²) in [5, 5.41) is 0. The summed E-state index contributed by atoms with van der Waals surface area (Å²) in [5.41, 5.74) is 0. The van der Waals surface area contributed by atoms with E-state index in [0.717, 1.165) is 6.08 Å². The number of methoxy groups -OCH3 is 2. The molecule has 0 saturated carbocycles. The third-order valence-corrected chi connectivity index (χ3v) is 1.44. The van der Waals surface area contributed by atoms with Gasteiger partial charge in [-0.3, -0.25) is 0 Å². The Bertz CT molecular complexity index is 203. The molecule has 5 heteroatoms. The Balaban J connectivity index is 4.23. The van der Waals surface area contributed by atoms with Gasteiger partial charge in [-0.2, -0.15) is 4.39 Å². The molecule has 0 heterocycles. The van der Waals surface area contributed by atoms with Gasteiger partial charge >= 0.3 is 5.97 Å². The van der Waals surface area contributed by atoms with E-state index < -0.39 is 17.9 Å². The van der Waals surface area contributed by atoms with Gasteiger partial charge in [0.25, 0.3) is 0 Å². The zero-order valence-electron chi connectivity index (χ0n) is 8.58. The maximum Gasteiger partial charge on any atom is 0.366 e. The van der Waals surface area contributed by atoms with Gasteiger partial charge in [-0.15, -0.1) is 0 Å². The second kappa shape index (κ2) is 7.46. The van der Waals surface area contributed by atoms with Crippen molar-refractivity contribution in [1.29, 1.82) is 0 Å². The van der Waals surface area contributed by atoms with Crippen LogP contribution in [0.2, 0.25) is 0 Å². The molecule has 0 aromatic heterocycles. The number of hydrogen-bond acceptors (Lipinski definition) is 4. The van der Waals surface area contributed by atoms with Crippen molar-refractivity contribution in [2.24, 2.45) is 0 Å². The maximum atomic E-state index is 13.0. The second-order valence-electron chi connectivity index (χ2n) is 2.46. The van der Waals surface area contributed by atoms with Crippen LogP contribution < -0.4 is 0 Å². The van der Waals surface area contributed by atoms with Crippen LogP contribution in [0.25, 0.3) is 0 Å². The molecule has 0 saturated heterocycles. The first-order chi connectivity index (χ1) is 6.65. The molecule has 0 aliphatic carbocycles. The van der Waals surface area contributed by atoms with Crippen molar-refractivity contribution in [2.45, 2.75) is 13.0 Å². The zero-order valence-corrected chi connectivity index (χ0v) is 8.58. The number of rotatable bonds is 6. The van der Waals surface area contributed by atoms with E-state index in [0.29, 0.717) is 0 Å². The standard InChI is InChI=1S/C9H15FO4/c1-4-14-9(11)8(10)5-7(13-3)6-12-2/h5,7H,4,6H2,1-3H3/b8-5+/t7-/m1/s1. The first-order valence-electron chi connectivity index (χ1n) is 4.21. The van der Waals surface area contributed by atoms with Gasteiger partial charge in [-0.1, -0.05) is 0 Å². The van der Waals surface area contributed by atoms with E-state index >= 15 is 0 Å². The van der Waals surface area contributed by atoms with Crippen molar-refractivity contribution in [3.8, 4) is 0 Å². The Kier molecular flexibility index (Phi) is 6.96. The number of carbonyl (C=O) groups is 1. The first kappa shape index (κ1) is 13.1. The lowest BCUT2D eigenvalue weighted by Gasteiger charge is -2.09. The summed E-state index contributed by atoms with van der Waals surface area (Å²) in [6, 6.07) is 0. The lowest BCUT2D eigenvalue weighted by atomic mass is 10.3. The largest absolute Gasteiger partial charge is 0.461 e.